The van der Waals surface area contributed by atoms with E-state index in [0.29, 0.717) is 0 Å². The number of hydrogen-bond donors (Lipinski definition) is 0. The molecular formula is C14H10FN3. The lowest BCUT2D eigenvalue weighted by atomic mass is 10.2. The fourth-order valence-electron chi connectivity index (χ4n) is 1.84. The quantitative estimate of drug-likeness (QED) is 0.687. The third-order valence-electron chi connectivity index (χ3n) is 2.76. The van der Waals surface area contributed by atoms with Crippen LogP contribution in [0.25, 0.3) is 22.7 Å². The van der Waals surface area contributed by atoms with Crippen LogP contribution in [0, 0.1) is 5.82 Å². The van der Waals surface area contributed by atoms with Crippen LogP contribution in [0.15, 0.2) is 49.3 Å². The second-order valence-electron chi connectivity index (χ2n) is 3.90. The molecule has 2 aromatic heterocycles. The lowest BCUT2D eigenvalue weighted by Gasteiger charge is -2.03. The standard InChI is InChI=1S/C14H10FN3/c1-2-12-7-10-8-17-18(14(10)9-16-12)13-5-3-11(15)4-6-13/h2-9H,1H2. The Morgan fingerprint density at radius 1 is 1.17 bits per heavy atom. The van der Waals surface area contributed by atoms with Gasteiger partial charge in [0.2, 0.25) is 0 Å². The van der Waals surface area contributed by atoms with Gasteiger partial charge in [-0.3, -0.25) is 4.98 Å². The van der Waals surface area contributed by atoms with Crippen LogP contribution >= 0.6 is 0 Å². The monoisotopic (exact) mass is 239 g/mol. The highest BCUT2D eigenvalue weighted by Gasteiger charge is 2.05. The van der Waals surface area contributed by atoms with Crippen molar-refractivity contribution in [1.82, 2.24) is 14.8 Å². The van der Waals surface area contributed by atoms with E-state index in [-0.39, 0.29) is 5.82 Å². The first-order valence-corrected chi connectivity index (χ1v) is 5.50. The lowest BCUT2D eigenvalue weighted by molar-refractivity contribution is 0.627. The first kappa shape index (κ1) is 10.7. The van der Waals surface area contributed by atoms with Gasteiger partial charge >= 0.3 is 0 Å². The minimum absolute atomic E-state index is 0.262. The Hall–Kier alpha value is -2.49. The highest BCUT2D eigenvalue weighted by atomic mass is 19.1. The number of pyridine rings is 1. The molecule has 0 aliphatic rings. The summed E-state index contributed by atoms with van der Waals surface area (Å²) in [6.07, 6.45) is 5.19. The van der Waals surface area contributed by atoms with E-state index in [1.807, 2.05) is 6.07 Å². The fourth-order valence-corrected chi connectivity index (χ4v) is 1.84. The third kappa shape index (κ3) is 1.68. The Morgan fingerprint density at radius 3 is 2.67 bits per heavy atom. The summed E-state index contributed by atoms with van der Waals surface area (Å²) in [4.78, 5) is 4.25. The SMILES string of the molecule is C=Cc1cc2cnn(-c3ccc(F)cc3)c2cn1. The first-order chi connectivity index (χ1) is 8.78. The Balaban J connectivity index is 2.18. The largest absolute Gasteiger partial charge is 0.255 e. The van der Waals surface area contributed by atoms with Crippen LogP contribution in [-0.2, 0) is 0 Å². The van der Waals surface area contributed by atoms with Gasteiger partial charge in [0.1, 0.15) is 5.82 Å². The second kappa shape index (κ2) is 4.07. The average molecular weight is 239 g/mol. The summed E-state index contributed by atoms with van der Waals surface area (Å²) in [6.45, 7) is 3.68. The van der Waals surface area contributed by atoms with Crippen LogP contribution in [0.5, 0.6) is 0 Å². The highest BCUT2D eigenvalue weighted by Crippen LogP contribution is 2.18. The van der Waals surface area contributed by atoms with Crippen molar-refractivity contribution in [2.45, 2.75) is 0 Å². The van der Waals surface area contributed by atoms with E-state index in [2.05, 4.69) is 16.7 Å². The number of rotatable bonds is 2. The molecule has 0 N–H and O–H groups in total. The molecule has 1 aromatic carbocycles. The van der Waals surface area contributed by atoms with Gasteiger partial charge in [0.05, 0.1) is 29.3 Å². The van der Waals surface area contributed by atoms with Crippen LogP contribution in [-0.4, -0.2) is 14.8 Å². The van der Waals surface area contributed by atoms with Crippen LogP contribution in [0.4, 0.5) is 4.39 Å². The van der Waals surface area contributed by atoms with Crippen molar-refractivity contribution < 1.29 is 4.39 Å². The van der Waals surface area contributed by atoms with E-state index in [0.717, 1.165) is 22.3 Å². The minimum Gasteiger partial charge on any atom is -0.255 e. The molecule has 18 heavy (non-hydrogen) atoms. The zero-order chi connectivity index (χ0) is 12.5. The molecule has 0 saturated carbocycles. The molecule has 3 nitrogen and oxygen atoms in total. The van der Waals surface area contributed by atoms with E-state index in [1.54, 1.807) is 35.3 Å². The molecule has 0 amide bonds. The molecule has 0 radical (unpaired) electrons. The van der Waals surface area contributed by atoms with Gasteiger partial charge in [-0.05, 0) is 36.4 Å². The summed E-state index contributed by atoms with van der Waals surface area (Å²) in [5.41, 5.74) is 2.49. The van der Waals surface area contributed by atoms with E-state index in [4.69, 9.17) is 0 Å². The Bertz CT molecular complexity index is 713. The van der Waals surface area contributed by atoms with Gasteiger partial charge in [0.25, 0.3) is 0 Å². The molecule has 3 rings (SSSR count). The summed E-state index contributed by atoms with van der Waals surface area (Å²) < 4.78 is 14.6. The van der Waals surface area contributed by atoms with Crippen LogP contribution in [0.3, 0.4) is 0 Å². The van der Waals surface area contributed by atoms with Gasteiger partial charge in [-0.15, -0.1) is 0 Å². The molecule has 0 unspecified atom stereocenters. The first-order valence-electron chi connectivity index (χ1n) is 5.50. The molecule has 3 aromatic rings. The number of fused-ring (bicyclic) bond motifs is 1. The van der Waals surface area contributed by atoms with E-state index in [1.165, 1.54) is 12.1 Å². The van der Waals surface area contributed by atoms with Gasteiger partial charge in [-0.1, -0.05) is 6.58 Å². The summed E-state index contributed by atoms with van der Waals surface area (Å²) in [6, 6.07) is 8.10. The minimum atomic E-state index is -0.262. The Kier molecular flexibility index (Phi) is 2.41. The summed E-state index contributed by atoms with van der Waals surface area (Å²) >= 11 is 0. The highest BCUT2D eigenvalue weighted by molar-refractivity contribution is 5.81. The zero-order valence-electron chi connectivity index (χ0n) is 9.55. The summed E-state index contributed by atoms with van der Waals surface area (Å²) in [5, 5.41) is 5.27. The van der Waals surface area contributed by atoms with Gasteiger partial charge in [-0.25, -0.2) is 9.07 Å². The predicted molar refractivity (Wildman–Crippen MR) is 68.9 cm³/mol. The lowest BCUT2D eigenvalue weighted by Crippen LogP contribution is -1.96. The number of nitrogens with zero attached hydrogens (tertiary/aromatic N) is 3. The van der Waals surface area contributed by atoms with Crippen molar-refractivity contribution in [1.29, 1.82) is 0 Å². The van der Waals surface area contributed by atoms with Gasteiger partial charge in [0.15, 0.2) is 0 Å². The van der Waals surface area contributed by atoms with Crippen molar-refractivity contribution in [3.05, 3.63) is 60.8 Å². The number of hydrogen-bond acceptors (Lipinski definition) is 2. The Morgan fingerprint density at radius 2 is 1.94 bits per heavy atom. The van der Waals surface area contributed by atoms with Crippen molar-refractivity contribution in [3.63, 3.8) is 0 Å². The molecule has 0 aliphatic heterocycles. The van der Waals surface area contributed by atoms with Crippen LogP contribution in [0.1, 0.15) is 5.69 Å². The molecular weight excluding hydrogens is 229 g/mol. The molecule has 88 valence electrons. The molecule has 0 aliphatic carbocycles. The average Bonchev–Trinajstić information content (AvgIpc) is 2.82. The smallest absolute Gasteiger partial charge is 0.123 e. The third-order valence-corrected chi connectivity index (χ3v) is 2.76. The zero-order valence-corrected chi connectivity index (χ0v) is 9.55. The van der Waals surface area contributed by atoms with Crippen LogP contribution < -0.4 is 0 Å². The predicted octanol–water partition coefficient (Wildman–Crippen LogP) is 3.20. The van der Waals surface area contributed by atoms with Crippen molar-refractivity contribution in [3.8, 4) is 5.69 Å². The summed E-state index contributed by atoms with van der Waals surface area (Å²) in [5.74, 6) is -0.262. The van der Waals surface area contributed by atoms with Crippen molar-refractivity contribution in [2.24, 2.45) is 0 Å². The van der Waals surface area contributed by atoms with E-state index in [9.17, 15) is 4.39 Å². The van der Waals surface area contributed by atoms with Gasteiger partial charge < -0.3 is 0 Å². The Labute approximate surface area is 103 Å². The number of benzene rings is 1. The maximum absolute atomic E-state index is 12.9. The molecule has 0 spiro atoms. The maximum Gasteiger partial charge on any atom is 0.123 e. The van der Waals surface area contributed by atoms with E-state index < -0.39 is 0 Å². The van der Waals surface area contributed by atoms with Crippen LogP contribution in [0.2, 0.25) is 0 Å². The van der Waals surface area contributed by atoms with Gasteiger partial charge in [0, 0.05) is 5.39 Å². The number of halogens is 1. The fraction of sp³-hybridized carbons (Fsp3) is 0. The molecule has 0 atom stereocenters. The molecule has 0 saturated heterocycles. The maximum atomic E-state index is 12.9. The topological polar surface area (TPSA) is 30.7 Å². The van der Waals surface area contributed by atoms with Gasteiger partial charge in [-0.2, -0.15) is 5.10 Å². The van der Waals surface area contributed by atoms with Crippen molar-refractivity contribution >= 4 is 17.0 Å². The molecule has 0 fully saturated rings. The van der Waals surface area contributed by atoms with Crippen molar-refractivity contribution in [2.75, 3.05) is 0 Å². The summed E-state index contributed by atoms with van der Waals surface area (Å²) in [7, 11) is 0. The molecule has 4 heteroatoms. The normalized spacial score (nSPS) is 10.7. The second-order valence-corrected chi connectivity index (χ2v) is 3.90. The molecule has 0 bridgehead atoms. The molecule has 2 heterocycles. The number of aromatic nitrogens is 3. The van der Waals surface area contributed by atoms with E-state index >= 15 is 0 Å².